The van der Waals surface area contributed by atoms with Crippen LogP contribution in [0.2, 0.25) is 0 Å². The topological polar surface area (TPSA) is 38.3 Å². The summed E-state index contributed by atoms with van der Waals surface area (Å²) in [5.41, 5.74) is 0. The summed E-state index contributed by atoms with van der Waals surface area (Å²) in [4.78, 5) is 0. The third-order valence-corrected chi connectivity index (χ3v) is 4.05. The Labute approximate surface area is 102 Å². The van der Waals surface area contributed by atoms with Crippen LogP contribution in [0.4, 0.5) is 0 Å². The van der Waals surface area contributed by atoms with Gasteiger partial charge in [-0.25, -0.2) is 0 Å². The first kappa shape index (κ1) is 14.1. The standard InChI is InChI=1S/C12H25NO2S/c1-10(13-11(2)9-16(3)14)8-12-4-6-15-7-5-12/h10-13H,4-9H2,1-3H3. The Bertz CT molecular complexity index is 217. The van der Waals surface area contributed by atoms with Crippen molar-refractivity contribution in [1.82, 2.24) is 5.32 Å². The molecular formula is C12H25NO2S. The molecule has 1 heterocycles. The molecule has 0 bridgehead atoms. The molecule has 1 N–H and O–H groups in total. The summed E-state index contributed by atoms with van der Waals surface area (Å²) in [6.07, 6.45) is 5.37. The lowest BCUT2D eigenvalue weighted by atomic mass is 9.93. The Morgan fingerprint density at radius 2 is 1.94 bits per heavy atom. The lowest BCUT2D eigenvalue weighted by Gasteiger charge is -2.27. The fourth-order valence-electron chi connectivity index (χ4n) is 2.44. The predicted octanol–water partition coefficient (Wildman–Crippen LogP) is 1.55. The van der Waals surface area contributed by atoms with E-state index in [4.69, 9.17) is 4.74 Å². The van der Waals surface area contributed by atoms with Gasteiger partial charge in [-0.2, -0.15) is 0 Å². The number of nitrogens with one attached hydrogen (secondary N) is 1. The van der Waals surface area contributed by atoms with Crippen LogP contribution < -0.4 is 5.32 Å². The minimum atomic E-state index is -0.701. The molecule has 0 aromatic heterocycles. The summed E-state index contributed by atoms with van der Waals surface area (Å²) in [5, 5.41) is 3.52. The highest BCUT2D eigenvalue weighted by Crippen LogP contribution is 2.20. The minimum absolute atomic E-state index is 0.348. The maximum atomic E-state index is 11.1. The molecule has 0 aliphatic carbocycles. The molecule has 0 radical (unpaired) electrons. The van der Waals surface area contributed by atoms with Crippen molar-refractivity contribution in [2.45, 2.75) is 45.2 Å². The molecule has 0 aromatic carbocycles. The third-order valence-electron chi connectivity index (χ3n) is 3.08. The van der Waals surface area contributed by atoms with Crippen molar-refractivity contribution in [2.75, 3.05) is 25.2 Å². The van der Waals surface area contributed by atoms with E-state index < -0.39 is 10.8 Å². The lowest BCUT2D eigenvalue weighted by molar-refractivity contribution is 0.0609. The molecule has 1 saturated heterocycles. The maximum absolute atomic E-state index is 11.1. The highest BCUT2D eigenvalue weighted by molar-refractivity contribution is 7.84. The normalized spacial score (nSPS) is 23.9. The second-order valence-corrected chi connectivity index (χ2v) is 6.48. The molecule has 16 heavy (non-hydrogen) atoms. The average molecular weight is 247 g/mol. The molecule has 0 aromatic rings. The van der Waals surface area contributed by atoms with Crippen LogP contribution in [-0.4, -0.2) is 41.5 Å². The Hall–Kier alpha value is 0.0700. The lowest BCUT2D eigenvalue weighted by Crippen LogP contribution is -2.39. The Kier molecular flexibility index (Phi) is 6.54. The van der Waals surface area contributed by atoms with Crippen molar-refractivity contribution >= 4 is 10.8 Å². The van der Waals surface area contributed by atoms with Gasteiger partial charge in [-0.3, -0.25) is 4.21 Å². The predicted molar refractivity (Wildman–Crippen MR) is 69.2 cm³/mol. The highest BCUT2D eigenvalue weighted by atomic mass is 32.2. The van der Waals surface area contributed by atoms with Gasteiger partial charge >= 0.3 is 0 Å². The van der Waals surface area contributed by atoms with E-state index in [1.54, 1.807) is 6.26 Å². The molecule has 3 unspecified atom stereocenters. The van der Waals surface area contributed by atoms with Crippen LogP contribution in [0.15, 0.2) is 0 Å². The van der Waals surface area contributed by atoms with E-state index in [1.807, 2.05) is 0 Å². The second kappa shape index (κ2) is 7.41. The fourth-order valence-corrected chi connectivity index (χ4v) is 3.24. The summed E-state index contributed by atoms with van der Waals surface area (Å²) in [6, 6.07) is 0.863. The minimum Gasteiger partial charge on any atom is -0.381 e. The van der Waals surface area contributed by atoms with Crippen LogP contribution in [0.3, 0.4) is 0 Å². The number of rotatable bonds is 6. The van der Waals surface area contributed by atoms with Gasteiger partial charge in [0.2, 0.25) is 0 Å². The van der Waals surface area contributed by atoms with E-state index >= 15 is 0 Å². The average Bonchev–Trinajstić information content (AvgIpc) is 2.17. The summed E-state index contributed by atoms with van der Waals surface area (Å²) in [5.74, 6) is 1.55. The van der Waals surface area contributed by atoms with E-state index in [1.165, 1.54) is 19.3 Å². The van der Waals surface area contributed by atoms with Crippen LogP contribution in [0.1, 0.15) is 33.1 Å². The van der Waals surface area contributed by atoms with Gasteiger partial charge in [0.05, 0.1) is 0 Å². The van der Waals surface area contributed by atoms with Crippen LogP contribution >= 0.6 is 0 Å². The fraction of sp³-hybridized carbons (Fsp3) is 1.00. The van der Waals surface area contributed by atoms with Gasteiger partial charge in [-0.15, -0.1) is 0 Å². The maximum Gasteiger partial charge on any atom is 0.0468 e. The molecule has 96 valence electrons. The molecule has 1 aliphatic heterocycles. The summed E-state index contributed by atoms with van der Waals surface area (Å²) < 4.78 is 16.4. The molecule has 3 atom stereocenters. The Morgan fingerprint density at radius 1 is 1.31 bits per heavy atom. The Morgan fingerprint density at radius 3 is 2.50 bits per heavy atom. The van der Waals surface area contributed by atoms with Gasteiger partial charge in [-0.1, -0.05) is 0 Å². The van der Waals surface area contributed by atoms with Crippen LogP contribution in [0.5, 0.6) is 0 Å². The first-order chi connectivity index (χ1) is 7.58. The second-order valence-electron chi connectivity index (χ2n) is 5.00. The van der Waals surface area contributed by atoms with E-state index in [0.29, 0.717) is 12.1 Å². The molecule has 1 aliphatic rings. The smallest absolute Gasteiger partial charge is 0.0468 e. The van der Waals surface area contributed by atoms with E-state index in [2.05, 4.69) is 19.2 Å². The first-order valence-corrected chi connectivity index (χ1v) is 7.94. The van der Waals surface area contributed by atoms with Gasteiger partial charge in [-0.05, 0) is 39.0 Å². The SMILES string of the molecule is CC(CC1CCOCC1)NC(C)CS(C)=O. The Balaban J connectivity index is 2.18. The van der Waals surface area contributed by atoms with Crippen LogP contribution in [0.25, 0.3) is 0 Å². The van der Waals surface area contributed by atoms with Crippen molar-refractivity contribution in [3.63, 3.8) is 0 Å². The zero-order chi connectivity index (χ0) is 12.0. The zero-order valence-electron chi connectivity index (χ0n) is 10.7. The highest BCUT2D eigenvalue weighted by Gasteiger charge is 2.17. The summed E-state index contributed by atoms with van der Waals surface area (Å²) >= 11 is 0. The molecule has 4 heteroatoms. The van der Waals surface area contributed by atoms with Crippen molar-refractivity contribution in [3.8, 4) is 0 Å². The molecule has 0 saturated carbocycles. The molecular weight excluding hydrogens is 222 g/mol. The molecule has 0 amide bonds. The van der Waals surface area contributed by atoms with Gasteiger partial charge < -0.3 is 10.1 Å². The van der Waals surface area contributed by atoms with E-state index in [9.17, 15) is 4.21 Å². The van der Waals surface area contributed by atoms with Crippen molar-refractivity contribution in [2.24, 2.45) is 5.92 Å². The van der Waals surface area contributed by atoms with Crippen molar-refractivity contribution < 1.29 is 8.95 Å². The van der Waals surface area contributed by atoms with Gasteiger partial charge in [0.25, 0.3) is 0 Å². The third kappa shape index (κ3) is 5.97. The summed E-state index contributed by atoms with van der Waals surface area (Å²) in [7, 11) is -0.701. The monoisotopic (exact) mass is 247 g/mol. The van der Waals surface area contributed by atoms with Crippen molar-refractivity contribution in [1.29, 1.82) is 0 Å². The van der Waals surface area contributed by atoms with Crippen LogP contribution in [-0.2, 0) is 15.5 Å². The largest absolute Gasteiger partial charge is 0.381 e. The summed E-state index contributed by atoms with van der Waals surface area (Å²) in [6.45, 7) is 6.18. The number of hydrogen-bond donors (Lipinski definition) is 1. The quantitative estimate of drug-likeness (QED) is 0.774. The molecule has 3 nitrogen and oxygen atoms in total. The van der Waals surface area contributed by atoms with E-state index in [0.717, 1.165) is 24.9 Å². The van der Waals surface area contributed by atoms with Gasteiger partial charge in [0, 0.05) is 48.1 Å². The van der Waals surface area contributed by atoms with Gasteiger partial charge in [0.15, 0.2) is 0 Å². The van der Waals surface area contributed by atoms with E-state index in [-0.39, 0.29) is 0 Å². The van der Waals surface area contributed by atoms with Gasteiger partial charge in [0.1, 0.15) is 0 Å². The molecule has 1 fully saturated rings. The molecule has 0 spiro atoms. The zero-order valence-corrected chi connectivity index (χ0v) is 11.5. The first-order valence-electron chi connectivity index (χ1n) is 6.21. The van der Waals surface area contributed by atoms with Crippen LogP contribution in [0, 0.1) is 5.92 Å². The molecule has 1 rings (SSSR count). The van der Waals surface area contributed by atoms with Crippen molar-refractivity contribution in [3.05, 3.63) is 0 Å². The number of ether oxygens (including phenoxy) is 1. The number of hydrogen-bond acceptors (Lipinski definition) is 3.